The van der Waals surface area contributed by atoms with Gasteiger partial charge in [-0.25, -0.2) is 0 Å². The average molecular weight is 586 g/mol. The first-order valence-electron chi connectivity index (χ1n) is 9.82. The first-order chi connectivity index (χ1) is 11.1. The predicted octanol–water partition coefficient (Wildman–Crippen LogP) is 7.49. The standard InChI is InChI=1S/C20H26Br4/c21-17-4-13-1-14(5-17)3-15(2-13,6-17)16-7-18(22)10-19(23,8-16)12-20(24,9-16)11-18/h13-14H,1-12H2. The van der Waals surface area contributed by atoms with E-state index >= 15 is 0 Å². The van der Waals surface area contributed by atoms with Crippen LogP contribution in [0.2, 0.25) is 0 Å². The summed E-state index contributed by atoms with van der Waals surface area (Å²) in [5.74, 6) is 2.00. The molecule has 2 unspecified atom stereocenters. The van der Waals surface area contributed by atoms with Crippen LogP contribution in [0.3, 0.4) is 0 Å². The second kappa shape index (κ2) is 4.56. The summed E-state index contributed by atoms with van der Waals surface area (Å²) < 4.78 is 1.60. The Balaban J connectivity index is 1.50. The molecule has 8 saturated carbocycles. The second-order valence-corrected chi connectivity index (χ2v) is 17.9. The fraction of sp³-hybridized carbons (Fsp3) is 1.00. The lowest BCUT2D eigenvalue weighted by Gasteiger charge is -2.75. The molecule has 0 spiro atoms. The van der Waals surface area contributed by atoms with E-state index in [2.05, 4.69) is 63.7 Å². The summed E-state index contributed by atoms with van der Waals surface area (Å²) in [5.41, 5.74) is 1.16. The van der Waals surface area contributed by atoms with Gasteiger partial charge in [-0.2, -0.15) is 0 Å². The normalized spacial score (nSPS) is 69.5. The monoisotopic (exact) mass is 582 g/mol. The molecule has 0 aromatic rings. The second-order valence-electron chi connectivity index (χ2n) is 11.2. The van der Waals surface area contributed by atoms with Crippen molar-refractivity contribution in [1.29, 1.82) is 0 Å². The van der Waals surface area contributed by atoms with E-state index in [1.54, 1.807) is 0 Å². The van der Waals surface area contributed by atoms with Crippen LogP contribution < -0.4 is 0 Å². The van der Waals surface area contributed by atoms with Crippen LogP contribution in [0.4, 0.5) is 0 Å². The van der Waals surface area contributed by atoms with E-state index in [1.807, 2.05) is 0 Å². The molecule has 0 aromatic heterocycles. The lowest BCUT2D eigenvalue weighted by molar-refractivity contribution is -0.173. The van der Waals surface area contributed by atoms with Gasteiger partial charge in [-0.05, 0) is 99.7 Å². The van der Waals surface area contributed by atoms with Crippen molar-refractivity contribution >= 4 is 63.7 Å². The zero-order valence-electron chi connectivity index (χ0n) is 14.2. The molecule has 4 heteroatoms. The van der Waals surface area contributed by atoms with E-state index in [4.69, 9.17) is 0 Å². The summed E-state index contributed by atoms with van der Waals surface area (Å²) in [5, 5.41) is 0. The fourth-order valence-electron chi connectivity index (χ4n) is 9.61. The Labute approximate surface area is 179 Å². The highest BCUT2D eigenvalue weighted by Gasteiger charge is 2.74. The molecule has 8 bridgehead atoms. The van der Waals surface area contributed by atoms with Gasteiger partial charge in [0.05, 0.1) is 0 Å². The van der Waals surface area contributed by atoms with Gasteiger partial charge in [-0.1, -0.05) is 63.7 Å². The number of hydrogen-bond acceptors (Lipinski definition) is 0. The van der Waals surface area contributed by atoms with E-state index < -0.39 is 0 Å². The van der Waals surface area contributed by atoms with Crippen molar-refractivity contribution in [2.24, 2.45) is 22.7 Å². The van der Waals surface area contributed by atoms with E-state index in [1.165, 1.54) is 77.0 Å². The SMILES string of the molecule is BrC12CC3CC(C1)CC(C14CC5(Br)CC(Br)(CC(Br)(C5)C1)C4)(C3)C2. The number of hydrogen-bond donors (Lipinski definition) is 0. The quantitative estimate of drug-likeness (QED) is 0.280. The molecule has 0 nitrogen and oxygen atoms in total. The van der Waals surface area contributed by atoms with Crippen LogP contribution >= 0.6 is 63.7 Å². The van der Waals surface area contributed by atoms with E-state index in [0.29, 0.717) is 28.1 Å². The molecule has 0 heterocycles. The molecule has 0 aliphatic heterocycles. The first-order valence-corrected chi connectivity index (χ1v) is 13.0. The van der Waals surface area contributed by atoms with Crippen LogP contribution in [0, 0.1) is 22.7 Å². The summed E-state index contributed by atoms with van der Waals surface area (Å²) in [6.07, 6.45) is 17.3. The Morgan fingerprint density at radius 1 is 0.458 bits per heavy atom. The summed E-state index contributed by atoms with van der Waals surface area (Å²) in [6, 6.07) is 0. The highest BCUT2D eigenvalue weighted by molar-refractivity contribution is 9.11. The van der Waals surface area contributed by atoms with Gasteiger partial charge in [0.1, 0.15) is 0 Å². The van der Waals surface area contributed by atoms with Gasteiger partial charge in [0, 0.05) is 17.3 Å². The van der Waals surface area contributed by atoms with E-state index in [0.717, 1.165) is 11.8 Å². The maximum Gasteiger partial charge on any atom is 0.0290 e. The highest BCUT2D eigenvalue weighted by Crippen LogP contribution is 2.80. The van der Waals surface area contributed by atoms with Gasteiger partial charge in [0.2, 0.25) is 0 Å². The molecule has 24 heavy (non-hydrogen) atoms. The topological polar surface area (TPSA) is 0 Å². The molecule has 0 aromatic carbocycles. The van der Waals surface area contributed by atoms with Gasteiger partial charge in [-0.15, -0.1) is 0 Å². The predicted molar refractivity (Wildman–Crippen MR) is 114 cm³/mol. The van der Waals surface area contributed by atoms with Crippen molar-refractivity contribution < 1.29 is 0 Å². The minimum absolute atomic E-state index is 0.373. The van der Waals surface area contributed by atoms with Crippen molar-refractivity contribution in [2.75, 3.05) is 0 Å². The van der Waals surface area contributed by atoms with Gasteiger partial charge in [0.15, 0.2) is 0 Å². The van der Waals surface area contributed by atoms with Crippen molar-refractivity contribution in [1.82, 2.24) is 0 Å². The summed E-state index contributed by atoms with van der Waals surface area (Å²) in [7, 11) is 0. The average Bonchev–Trinajstić information content (AvgIpc) is 2.28. The Bertz CT molecular complexity index is 560. The molecular weight excluding hydrogens is 560 g/mol. The Hall–Kier alpha value is 1.92. The van der Waals surface area contributed by atoms with Gasteiger partial charge < -0.3 is 0 Å². The van der Waals surface area contributed by atoms with Crippen molar-refractivity contribution in [2.45, 2.75) is 94.3 Å². The molecule has 0 amide bonds. The minimum atomic E-state index is 0.373. The molecular formula is C20H26Br4. The van der Waals surface area contributed by atoms with Crippen LogP contribution in [0.25, 0.3) is 0 Å². The number of rotatable bonds is 1. The summed E-state index contributed by atoms with van der Waals surface area (Å²) >= 11 is 17.1. The zero-order valence-corrected chi connectivity index (χ0v) is 20.5. The zero-order chi connectivity index (χ0) is 16.6. The van der Waals surface area contributed by atoms with Gasteiger partial charge in [-0.3, -0.25) is 0 Å². The third-order valence-corrected chi connectivity index (χ3v) is 12.4. The third kappa shape index (κ3) is 2.12. The molecule has 8 fully saturated rings. The number of alkyl halides is 4. The lowest BCUT2D eigenvalue weighted by Crippen LogP contribution is -2.70. The Morgan fingerprint density at radius 3 is 1.29 bits per heavy atom. The molecule has 2 atom stereocenters. The lowest BCUT2D eigenvalue weighted by atomic mass is 9.35. The molecule has 8 aliphatic carbocycles. The molecule has 134 valence electrons. The maximum absolute atomic E-state index is 4.28. The molecule has 0 radical (unpaired) electrons. The summed E-state index contributed by atoms with van der Waals surface area (Å²) in [6.45, 7) is 0. The van der Waals surface area contributed by atoms with E-state index in [9.17, 15) is 0 Å². The van der Waals surface area contributed by atoms with Gasteiger partial charge in [0.25, 0.3) is 0 Å². The molecule has 0 saturated heterocycles. The van der Waals surface area contributed by atoms with Crippen LogP contribution in [-0.4, -0.2) is 17.3 Å². The molecule has 8 aliphatic rings. The Morgan fingerprint density at radius 2 is 0.875 bits per heavy atom. The fourth-order valence-corrected chi connectivity index (χ4v) is 17.0. The van der Waals surface area contributed by atoms with Crippen LogP contribution in [-0.2, 0) is 0 Å². The summed E-state index contributed by atoms with van der Waals surface area (Å²) in [4.78, 5) is 0. The molecule has 8 rings (SSSR count). The Kier molecular flexibility index (Phi) is 3.20. The van der Waals surface area contributed by atoms with Crippen molar-refractivity contribution in [3.8, 4) is 0 Å². The van der Waals surface area contributed by atoms with Crippen LogP contribution in [0.1, 0.15) is 77.0 Å². The highest BCUT2D eigenvalue weighted by atomic mass is 79.9. The first kappa shape index (κ1) is 16.8. The van der Waals surface area contributed by atoms with Crippen LogP contribution in [0.5, 0.6) is 0 Å². The smallest absolute Gasteiger partial charge is 0.0290 e. The van der Waals surface area contributed by atoms with Crippen molar-refractivity contribution in [3.05, 3.63) is 0 Å². The van der Waals surface area contributed by atoms with Gasteiger partial charge >= 0.3 is 0 Å². The van der Waals surface area contributed by atoms with Crippen molar-refractivity contribution in [3.63, 3.8) is 0 Å². The van der Waals surface area contributed by atoms with E-state index in [-0.39, 0.29) is 0 Å². The third-order valence-electron chi connectivity index (χ3n) is 8.98. The largest absolute Gasteiger partial charge is 0.0853 e. The minimum Gasteiger partial charge on any atom is -0.0853 e. The van der Waals surface area contributed by atoms with Crippen LogP contribution in [0.15, 0.2) is 0 Å². The molecule has 0 N–H and O–H groups in total. The number of halogens is 4. The maximum atomic E-state index is 4.28.